The third-order valence-corrected chi connectivity index (χ3v) is 3.80. The Hall–Kier alpha value is -2.48. The van der Waals surface area contributed by atoms with E-state index in [1.54, 1.807) is 31.6 Å². The third kappa shape index (κ3) is 4.26. The van der Waals surface area contributed by atoms with E-state index in [1.165, 1.54) is 0 Å². The van der Waals surface area contributed by atoms with Crippen molar-refractivity contribution in [3.05, 3.63) is 30.4 Å². The van der Waals surface area contributed by atoms with Gasteiger partial charge in [-0.05, 0) is 6.92 Å². The number of piperazine rings is 1. The molecule has 0 unspecified atom stereocenters. The van der Waals surface area contributed by atoms with Crippen molar-refractivity contribution in [1.29, 1.82) is 0 Å². The summed E-state index contributed by atoms with van der Waals surface area (Å²) in [5, 5.41) is 6.49. The number of carbonyl (C=O) groups is 1. The first-order valence-electron chi connectivity index (χ1n) is 7.67. The molecule has 1 fully saturated rings. The zero-order chi connectivity index (χ0) is 16.1. The molecule has 1 N–H and O–H groups in total. The second-order valence-corrected chi connectivity index (χ2v) is 5.51. The summed E-state index contributed by atoms with van der Waals surface area (Å²) >= 11 is 0. The maximum absolute atomic E-state index is 11.9. The van der Waals surface area contributed by atoms with Crippen molar-refractivity contribution in [2.75, 3.05) is 42.9 Å². The lowest BCUT2D eigenvalue weighted by atomic mass is 10.3. The molecule has 1 aliphatic rings. The van der Waals surface area contributed by atoms with Crippen LogP contribution in [0.1, 0.15) is 12.2 Å². The molecule has 8 nitrogen and oxygen atoms in total. The molecule has 0 aromatic carbocycles. The number of amides is 1. The van der Waals surface area contributed by atoms with Crippen LogP contribution >= 0.6 is 0 Å². The molecule has 1 amide bonds. The Morgan fingerprint density at radius 3 is 2.78 bits per heavy atom. The molecule has 0 bridgehead atoms. The van der Waals surface area contributed by atoms with E-state index in [-0.39, 0.29) is 5.91 Å². The van der Waals surface area contributed by atoms with Crippen LogP contribution in [0.5, 0.6) is 0 Å². The molecular weight excluding hydrogens is 296 g/mol. The van der Waals surface area contributed by atoms with Crippen LogP contribution in [0.15, 0.2) is 29.2 Å². The summed E-state index contributed by atoms with van der Waals surface area (Å²) in [7, 11) is 0. The van der Waals surface area contributed by atoms with Gasteiger partial charge in [-0.15, -0.1) is 0 Å². The standard InChI is InChI=1S/C15H20N6O2/c1-12-10-13(19-23-12)18-15(22)2-5-20-6-8-21(9-7-20)14-11-16-3-4-17-14/h3-4,10-11H,2,5-9H2,1H3,(H,18,19,22). The molecule has 0 atom stereocenters. The SMILES string of the molecule is Cc1cc(NC(=O)CCN2CCN(c3cnccn3)CC2)no1. The van der Waals surface area contributed by atoms with Crippen LogP contribution in [0.4, 0.5) is 11.6 Å². The van der Waals surface area contributed by atoms with E-state index in [2.05, 4.69) is 30.2 Å². The summed E-state index contributed by atoms with van der Waals surface area (Å²) < 4.78 is 4.92. The maximum Gasteiger partial charge on any atom is 0.226 e. The fourth-order valence-corrected chi connectivity index (χ4v) is 2.55. The molecule has 2 aromatic rings. The first-order chi connectivity index (χ1) is 11.2. The summed E-state index contributed by atoms with van der Waals surface area (Å²) in [6, 6.07) is 1.71. The molecule has 1 aliphatic heterocycles. The predicted octanol–water partition coefficient (Wildman–Crippen LogP) is 0.924. The minimum Gasteiger partial charge on any atom is -0.360 e. The quantitative estimate of drug-likeness (QED) is 0.877. The van der Waals surface area contributed by atoms with Gasteiger partial charge in [0.25, 0.3) is 0 Å². The van der Waals surface area contributed by atoms with Crippen LogP contribution in [0.25, 0.3) is 0 Å². The van der Waals surface area contributed by atoms with Crippen molar-refractivity contribution in [3.8, 4) is 0 Å². The van der Waals surface area contributed by atoms with E-state index in [4.69, 9.17) is 4.52 Å². The van der Waals surface area contributed by atoms with Crippen molar-refractivity contribution in [2.24, 2.45) is 0 Å². The molecular formula is C15H20N6O2. The van der Waals surface area contributed by atoms with Crippen molar-refractivity contribution in [3.63, 3.8) is 0 Å². The number of hydrogen-bond donors (Lipinski definition) is 1. The minimum atomic E-state index is -0.0466. The molecule has 3 rings (SSSR count). The van der Waals surface area contributed by atoms with E-state index in [0.29, 0.717) is 18.0 Å². The van der Waals surface area contributed by atoms with Crippen molar-refractivity contribution >= 4 is 17.5 Å². The summed E-state index contributed by atoms with van der Waals surface area (Å²) in [4.78, 5) is 24.8. The van der Waals surface area contributed by atoms with Crippen molar-refractivity contribution in [1.82, 2.24) is 20.0 Å². The van der Waals surface area contributed by atoms with E-state index < -0.39 is 0 Å². The normalized spacial score (nSPS) is 15.6. The van der Waals surface area contributed by atoms with E-state index in [0.717, 1.165) is 38.5 Å². The van der Waals surface area contributed by atoms with Crippen LogP contribution in [0, 0.1) is 6.92 Å². The second-order valence-electron chi connectivity index (χ2n) is 5.51. The van der Waals surface area contributed by atoms with Gasteiger partial charge in [0.15, 0.2) is 5.82 Å². The molecule has 122 valence electrons. The van der Waals surface area contributed by atoms with Gasteiger partial charge in [0, 0.05) is 57.6 Å². The Morgan fingerprint density at radius 2 is 2.13 bits per heavy atom. The fourth-order valence-electron chi connectivity index (χ4n) is 2.55. The van der Waals surface area contributed by atoms with E-state index >= 15 is 0 Å². The smallest absolute Gasteiger partial charge is 0.226 e. The van der Waals surface area contributed by atoms with Gasteiger partial charge in [-0.1, -0.05) is 5.16 Å². The molecule has 1 saturated heterocycles. The molecule has 23 heavy (non-hydrogen) atoms. The third-order valence-electron chi connectivity index (χ3n) is 3.80. The Labute approximate surface area is 134 Å². The highest BCUT2D eigenvalue weighted by Crippen LogP contribution is 2.12. The highest BCUT2D eigenvalue weighted by atomic mass is 16.5. The molecule has 8 heteroatoms. The summed E-state index contributed by atoms with van der Waals surface area (Å²) in [5.41, 5.74) is 0. The van der Waals surface area contributed by atoms with Gasteiger partial charge in [-0.3, -0.25) is 14.7 Å². The lowest BCUT2D eigenvalue weighted by Crippen LogP contribution is -2.47. The topological polar surface area (TPSA) is 87.4 Å². The second kappa shape index (κ2) is 7.19. The van der Waals surface area contributed by atoms with Gasteiger partial charge >= 0.3 is 0 Å². The Bertz CT molecular complexity index is 636. The molecule has 0 spiro atoms. The lowest BCUT2D eigenvalue weighted by Gasteiger charge is -2.35. The van der Waals surface area contributed by atoms with Crippen LogP contribution in [0.3, 0.4) is 0 Å². The minimum absolute atomic E-state index is 0.0466. The number of rotatable bonds is 5. The highest BCUT2D eigenvalue weighted by Gasteiger charge is 2.18. The number of hydrogen-bond acceptors (Lipinski definition) is 7. The molecule has 0 saturated carbocycles. The van der Waals surface area contributed by atoms with Crippen LogP contribution < -0.4 is 10.2 Å². The van der Waals surface area contributed by atoms with Gasteiger partial charge < -0.3 is 14.7 Å². The molecule has 3 heterocycles. The fraction of sp³-hybridized carbons (Fsp3) is 0.467. The number of nitrogens with one attached hydrogen (secondary N) is 1. The average molecular weight is 316 g/mol. The first kappa shape index (κ1) is 15.4. The lowest BCUT2D eigenvalue weighted by molar-refractivity contribution is -0.116. The van der Waals surface area contributed by atoms with Gasteiger partial charge in [-0.25, -0.2) is 4.98 Å². The zero-order valence-electron chi connectivity index (χ0n) is 13.1. The molecule has 0 radical (unpaired) electrons. The zero-order valence-corrected chi connectivity index (χ0v) is 13.1. The summed E-state index contributed by atoms with van der Waals surface area (Å²) in [5.74, 6) is 2.02. The van der Waals surface area contributed by atoms with Gasteiger partial charge in [0.1, 0.15) is 11.6 Å². The summed E-state index contributed by atoms with van der Waals surface area (Å²) in [6.07, 6.45) is 5.60. The Kier molecular flexibility index (Phi) is 4.82. The monoisotopic (exact) mass is 316 g/mol. The van der Waals surface area contributed by atoms with Crippen molar-refractivity contribution in [2.45, 2.75) is 13.3 Å². The van der Waals surface area contributed by atoms with E-state index in [1.807, 2.05) is 0 Å². The summed E-state index contributed by atoms with van der Waals surface area (Å²) in [6.45, 7) is 6.13. The van der Waals surface area contributed by atoms with Crippen LogP contribution in [-0.4, -0.2) is 58.7 Å². The van der Waals surface area contributed by atoms with Gasteiger partial charge in [0.2, 0.25) is 5.91 Å². The van der Waals surface area contributed by atoms with Crippen LogP contribution in [0.2, 0.25) is 0 Å². The van der Waals surface area contributed by atoms with Crippen LogP contribution in [-0.2, 0) is 4.79 Å². The highest BCUT2D eigenvalue weighted by molar-refractivity contribution is 5.89. The Balaban J connectivity index is 1.40. The van der Waals surface area contributed by atoms with Crippen molar-refractivity contribution < 1.29 is 9.32 Å². The van der Waals surface area contributed by atoms with Gasteiger partial charge in [0.05, 0.1) is 6.20 Å². The first-order valence-corrected chi connectivity index (χ1v) is 7.67. The largest absolute Gasteiger partial charge is 0.360 e. The number of nitrogens with zero attached hydrogens (tertiary/aromatic N) is 5. The number of aromatic nitrogens is 3. The maximum atomic E-state index is 11.9. The number of carbonyl (C=O) groups excluding carboxylic acids is 1. The van der Waals surface area contributed by atoms with E-state index in [9.17, 15) is 4.79 Å². The molecule has 0 aliphatic carbocycles. The number of anilines is 2. The Morgan fingerprint density at radius 1 is 1.30 bits per heavy atom. The predicted molar refractivity (Wildman–Crippen MR) is 85.2 cm³/mol. The average Bonchev–Trinajstić information content (AvgIpc) is 2.99. The molecule has 2 aromatic heterocycles. The number of aryl methyl sites for hydroxylation is 1. The van der Waals surface area contributed by atoms with Gasteiger partial charge in [-0.2, -0.15) is 0 Å².